The average molecular weight is 264 g/mol. The molecular weight excluding hydrogens is 232 g/mol. The molecule has 0 aliphatic heterocycles. The van der Waals surface area contributed by atoms with Crippen LogP contribution in [-0.2, 0) is 4.79 Å². The summed E-state index contributed by atoms with van der Waals surface area (Å²) in [6.45, 7) is 7.43. The molecule has 0 radical (unpaired) electrons. The Morgan fingerprint density at radius 2 is 1.00 bits per heavy atom. The zero-order valence-electron chi connectivity index (χ0n) is 12.7. The molecule has 1 heteroatoms. The molecule has 0 aromatic carbocycles. The summed E-state index contributed by atoms with van der Waals surface area (Å²) in [5.74, 6) is 0.463. The van der Waals surface area contributed by atoms with Crippen molar-refractivity contribution < 1.29 is 4.79 Å². The number of ketones is 1. The third-order valence-electron chi connectivity index (χ3n) is 3.48. The lowest BCUT2D eigenvalue weighted by Gasteiger charge is -2.02. The Bertz CT molecular complexity index is 230. The molecule has 0 aliphatic rings. The summed E-state index contributed by atoms with van der Waals surface area (Å²) in [6.07, 6.45) is 18.7. The zero-order valence-corrected chi connectivity index (χ0v) is 12.7. The first kappa shape index (κ1) is 18.1. The van der Waals surface area contributed by atoms with Gasteiger partial charge in [-0.3, -0.25) is 4.79 Å². The summed E-state index contributed by atoms with van der Waals surface area (Å²) in [7, 11) is 0. The molecule has 0 amide bonds. The minimum Gasteiger partial charge on any atom is -0.300 e. The molecule has 0 aromatic rings. The van der Waals surface area contributed by atoms with E-state index in [4.69, 9.17) is 0 Å². The first-order valence-electron chi connectivity index (χ1n) is 8.04. The van der Waals surface area contributed by atoms with Gasteiger partial charge < -0.3 is 0 Å². The van der Waals surface area contributed by atoms with Crippen LogP contribution in [0.1, 0.15) is 83.5 Å². The van der Waals surface area contributed by atoms with Gasteiger partial charge in [-0.25, -0.2) is 0 Å². The lowest BCUT2D eigenvalue weighted by molar-refractivity contribution is -0.119. The maximum atomic E-state index is 11.6. The van der Waals surface area contributed by atoms with Gasteiger partial charge in [-0.05, 0) is 38.5 Å². The van der Waals surface area contributed by atoms with E-state index in [1.165, 1.54) is 44.9 Å². The van der Waals surface area contributed by atoms with Crippen molar-refractivity contribution in [1.82, 2.24) is 0 Å². The van der Waals surface area contributed by atoms with E-state index in [1.807, 2.05) is 12.2 Å². The molecule has 0 heterocycles. The third-order valence-corrected chi connectivity index (χ3v) is 3.48. The van der Waals surface area contributed by atoms with Crippen LogP contribution in [-0.4, -0.2) is 5.78 Å². The Hall–Kier alpha value is -0.850. The highest BCUT2D eigenvalue weighted by molar-refractivity contribution is 5.78. The van der Waals surface area contributed by atoms with Gasteiger partial charge in [-0.15, -0.1) is 13.2 Å². The summed E-state index contributed by atoms with van der Waals surface area (Å²) in [5.41, 5.74) is 0. The fourth-order valence-electron chi connectivity index (χ4n) is 2.23. The molecular formula is C18H32O. The van der Waals surface area contributed by atoms with Crippen LogP contribution in [0.25, 0.3) is 0 Å². The fourth-order valence-corrected chi connectivity index (χ4v) is 2.23. The van der Waals surface area contributed by atoms with E-state index in [0.717, 1.165) is 38.5 Å². The first-order valence-corrected chi connectivity index (χ1v) is 8.04. The predicted molar refractivity (Wildman–Crippen MR) is 85.4 cm³/mol. The molecule has 0 N–H and O–H groups in total. The van der Waals surface area contributed by atoms with Gasteiger partial charge in [-0.1, -0.05) is 44.3 Å². The summed E-state index contributed by atoms with van der Waals surface area (Å²) in [4.78, 5) is 11.6. The molecule has 0 bridgehead atoms. The van der Waals surface area contributed by atoms with Crippen LogP contribution in [0.4, 0.5) is 0 Å². The third kappa shape index (κ3) is 15.1. The Balaban J connectivity index is 3.15. The number of carbonyl (C=O) groups excluding carboxylic acids is 1. The van der Waals surface area contributed by atoms with E-state index in [1.54, 1.807) is 0 Å². The van der Waals surface area contributed by atoms with Gasteiger partial charge in [0.15, 0.2) is 0 Å². The number of hydrogen-bond acceptors (Lipinski definition) is 1. The van der Waals surface area contributed by atoms with Crippen LogP contribution in [0.3, 0.4) is 0 Å². The summed E-state index contributed by atoms with van der Waals surface area (Å²) in [5, 5.41) is 0. The molecule has 0 aromatic heterocycles. The second kappa shape index (κ2) is 15.2. The van der Waals surface area contributed by atoms with Gasteiger partial charge in [-0.2, -0.15) is 0 Å². The number of rotatable bonds is 15. The summed E-state index contributed by atoms with van der Waals surface area (Å²) in [6, 6.07) is 0. The molecule has 0 unspecified atom stereocenters. The molecule has 0 rings (SSSR count). The van der Waals surface area contributed by atoms with Crippen LogP contribution in [0.5, 0.6) is 0 Å². The zero-order chi connectivity index (χ0) is 14.2. The van der Waals surface area contributed by atoms with Crippen molar-refractivity contribution in [3.8, 4) is 0 Å². The average Bonchev–Trinajstić information content (AvgIpc) is 2.41. The lowest BCUT2D eigenvalue weighted by atomic mass is 10.0. The maximum Gasteiger partial charge on any atom is 0.132 e. The van der Waals surface area contributed by atoms with Gasteiger partial charge in [0.25, 0.3) is 0 Å². The molecule has 19 heavy (non-hydrogen) atoms. The topological polar surface area (TPSA) is 17.1 Å². The SMILES string of the molecule is C=CCCCCCCCCC(=O)CCCCCC=C. The summed E-state index contributed by atoms with van der Waals surface area (Å²) >= 11 is 0. The van der Waals surface area contributed by atoms with E-state index in [-0.39, 0.29) is 0 Å². The van der Waals surface area contributed by atoms with E-state index >= 15 is 0 Å². The van der Waals surface area contributed by atoms with Crippen LogP contribution < -0.4 is 0 Å². The highest BCUT2D eigenvalue weighted by Gasteiger charge is 2.01. The fraction of sp³-hybridized carbons (Fsp3) is 0.722. The van der Waals surface area contributed by atoms with Crippen molar-refractivity contribution >= 4 is 5.78 Å². The normalized spacial score (nSPS) is 10.3. The van der Waals surface area contributed by atoms with E-state index in [2.05, 4.69) is 13.2 Å². The highest BCUT2D eigenvalue weighted by Crippen LogP contribution is 2.11. The van der Waals surface area contributed by atoms with Crippen LogP contribution in [0, 0.1) is 0 Å². The van der Waals surface area contributed by atoms with Crippen molar-refractivity contribution in [3.63, 3.8) is 0 Å². The van der Waals surface area contributed by atoms with Crippen molar-refractivity contribution in [2.24, 2.45) is 0 Å². The predicted octanol–water partition coefficient (Wildman–Crippen LogP) is 6.00. The number of carbonyl (C=O) groups is 1. The van der Waals surface area contributed by atoms with Crippen molar-refractivity contribution in [1.29, 1.82) is 0 Å². The van der Waals surface area contributed by atoms with Crippen LogP contribution in [0.15, 0.2) is 25.3 Å². The number of unbranched alkanes of at least 4 members (excludes halogenated alkanes) is 9. The Labute approximate surface area is 120 Å². The van der Waals surface area contributed by atoms with E-state index in [9.17, 15) is 4.79 Å². The Morgan fingerprint density at radius 3 is 1.47 bits per heavy atom. The van der Waals surface area contributed by atoms with Gasteiger partial charge in [0.1, 0.15) is 5.78 Å². The van der Waals surface area contributed by atoms with Crippen molar-refractivity contribution in [3.05, 3.63) is 25.3 Å². The quantitative estimate of drug-likeness (QED) is 0.262. The number of hydrogen-bond donors (Lipinski definition) is 0. The molecule has 1 nitrogen and oxygen atoms in total. The maximum absolute atomic E-state index is 11.6. The highest BCUT2D eigenvalue weighted by atomic mass is 16.1. The second-order valence-electron chi connectivity index (χ2n) is 5.38. The van der Waals surface area contributed by atoms with Crippen molar-refractivity contribution in [2.75, 3.05) is 0 Å². The molecule has 0 fully saturated rings. The first-order chi connectivity index (χ1) is 9.31. The molecule has 0 saturated heterocycles. The Kier molecular flexibility index (Phi) is 14.5. The lowest BCUT2D eigenvalue weighted by Crippen LogP contribution is -1.97. The minimum absolute atomic E-state index is 0.463. The molecule has 0 atom stereocenters. The van der Waals surface area contributed by atoms with Gasteiger partial charge in [0.2, 0.25) is 0 Å². The minimum atomic E-state index is 0.463. The Morgan fingerprint density at radius 1 is 0.632 bits per heavy atom. The second-order valence-corrected chi connectivity index (χ2v) is 5.38. The smallest absolute Gasteiger partial charge is 0.132 e. The molecule has 0 spiro atoms. The molecule has 0 aliphatic carbocycles. The molecule has 0 saturated carbocycles. The monoisotopic (exact) mass is 264 g/mol. The summed E-state index contributed by atoms with van der Waals surface area (Å²) < 4.78 is 0. The van der Waals surface area contributed by atoms with Gasteiger partial charge >= 0.3 is 0 Å². The largest absolute Gasteiger partial charge is 0.300 e. The number of Topliss-reactive ketones (excluding diaryl/α,β-unsaturated/α-hetero) is 1. The number of allylic oxidation sites excluding steroid dienone is 2. The van der Waals surface area contributed by atoms with E-state index < -0.39 is 0 Å². The van der Waals surface area contributed by atoms with Crippen molar-refractivity contribution in [2.45, 2.75) is 83.5 Å². The molecule has 110 valence electrons. The van der Waals surface area contributed by atoms with Gasteiger partial charge in [0, 0.05) is 12.8 Å². The van der Waals surface area contributed by atoms with E-state index in [0.29, 0.717) is 5.78 Å². The van der Waals surface area contributed by atoms with Crippen LogP contribution >= 0.6 is 0 Å². The standard InChI is InChI=1S/C18H32O/c1-3-5-7-9-10-11-13-15-17-18(19)16-14-12-8-6-4-2/h3-4H,1-2,5-17H2. The van der Waals surface area contributed by atoms with Crippen LogP contribution in [0.2, 0.25) is 0 Å². The van der Waals surface area contributed by atoms with Gasteiger partial charge in [0.05, 0.1) is 0 Å².